The second kappa shape index (κ2) is 5.08. The van der Waals surface area contributed by atoms with Crippen LogP contribution in [0.25, 0.3) is 17.0 Å². The number of fused-ring (bicyclic) bond motifs is 3. The molecule has 3 nitrogen and oxygen atoms in total. The van der Waals surface area contributed by atoms with Gasteiger partial charge in [0.2, 0.25) is 0 Å². The molecular formula is C19H24N2O. The van der Waals surface area contributed by atoms with E-state index in [9.17, 15) is 0 Å². The van der Waals surface area contributed by atoms with Gasteiger partial charge in [0.15, 0.2) is 0 Å². The van der Waals surface area contributed by atoms with E-state index in [4.69, 9.17) is 4.74 Å². The van der Waals surface area contributed by atoms with Crippen molar-refractivity contribution in [2.24, 2.45) is 5.92 Å². The number of nitrogens with zero attached hydrogens (tertiary/aromatic N) is 1. The molecule has 0 bridgehead atoms. The van der Waals surface area contributed by atoms with Gasteiger partial charge in [-0.1, -0.05) is 19.3 Å². The molecule has 116 valence electrons. The lowest BCUT2D eigenvalue weighted by Crippen LogP contribution is -2.51. The molecule has 2 heterocycles. The zero-order valence-corrected chi connectivity index (χ0v) is 13.4. The SMILES string of the molecule is COc1ccc2cc3n(c2c1)C(C)(C1CCCCC1)NC=C3. The van der Waals surface area contributed by atoms with E-state index in [0.717, 1.165) is 5.75 Å². The van der Waals surface area contributed by atoms with Crippen molar-refractivity contribution in [1.29, 1.82) is 0 Å². The maximum absolute atomic E-state index is 5.44. The van der Waals surface area contributed by atoms with Crippen LogP contribution in [0.1, 0.15) is 44.7 Å². The maximum atomic E-state index is 5.44. The molecule has 1 aromatic carbocycles. The summed E-state index contributed by atoms with van der Waals surface area (Å²) in [5.41, 5.74) is 2.51. The van der Waals surface area contributed by atoms with Crippen molar-refractivity contribution in [3.63, 3.8) is 0 Å². The van der Waals surface area contributed by atoms with Gasteiger partial charge in [0, 0.05) is 29.3 Å². The highest BCUT2D eigenvalue weighted by molar-refractivity contribution is 5.85. The monoisotopic (exact) mass is 296 g/mol. The third kappa shape index (κ3) is 1.95. The van der Waals surface area contributed by atoms with Gasteiger partial charge in [0.25, 0.3) is 0 Å². The molecular weight excluding hydrogens is 272 g/mol. The molecule has 0 spiro atoms. The van der Waals surface area contributed by atoms with Crippen molar-refractivity contribution in [3.05, 3.63) is 36.2 Å². The first-order valence-electron chi connectivity index (χ1n) is 8.36. The van der Waals surface area contributed by atoms with E-state index in [1.807, 2.05) is 6.07 Å². The molecule has 1 aliphatic heterocycles. The lowest BCUT2D eigenvalue weighted by Gasteiger charge is -2.44. The fourth-order valence-corrected chi connectivity index (χ4v) is 4.30. The molecule has 2 aliphatic rings. The first kappa shape index (κ1) is 13.7. The van der Waals surface area contributed by atoms with E-state index in [0.29, 0.717) is 5.92 Å². The third-order valence-electron chi connectivity index (χ3n) is 5.53. The zero-order chi connectivity index (χ0) is 15.2. The topological polar surface area (TPSA) is 26.2 Å². The summed E-state index contributed by atoms with van der Waals surface area (Å²) in [7, 11) is 1.74. The Morgan fingerprint density at radius 3 is 2.77 bits per heavy atom. The van der Waals surface area contributed by atoms with Crippen LogP contribution in [-0.4, -0.2) is 11.7 Å². The van der Waals surface area contributed by atoms with Crippen LogP contribution < -0.4 is 10.1 Å². The standard InChI is InChI=1S/C19H24N2O/c1-19(15-6-4-3-5-7-15)20-11-10-16-12-14-8-9-17(22-2)13-18(14)21(16)19/h8-13,15,20H,3-7H2,1-2H3. The normalized spacial score (nSPS) is 25.0. The first-order chi connectivity index (χ1) is 10.7. The van der Waals surface area contributed by atoms with Crippen LogP contribution in [0.5, 0.6) is 5.75 Å². The van der Waals surface area contributed by atoms with Crippen LogP contribution >= 0.6 is 0 Å². The lowest BCUT2D eigenvalue weighted by atomic mass is 9.79. The van der Waals surface area contributed by atoms with Crippen molar-refractivity contribution in [2.75, 3.05) is 7.11 Å². The number of nitrogens with one attached hydrogen (secondary N) is 1. The van der Waals surface area contributed by atoms with E-state index < -0.39 is 0 Å². The molecule has 4 rings (SSSR count). The van der Waals surface area contributed by atoms with Crippen molar-refractivity contribution < 1.29 is 4.74 Å². The molecule has 1 N–H and O–H groups in total. The van der Waals surface area contributed by atoms with Gasteiger partial charge in [-0.05, 0) is 44.0 Å². The minimum Gasteiger partial charge on any atom is -0.497 e. The van der Waals surface area contributed by atoms with Crippen LogP contribution in [0.2, 0.25) is 0 Å². The Morgan fingerprint density at radius 1 is 1.18 bits per heavy atom. The van der Waals surface area contributed by atoms with Gasteiger partial charge in [-0.15, -0.1) is 0 Å². The van der Waals surface area contributed by atoms with Crippen molar-refractivity contribution in [2.45, 2.75) is 44.7 Å². The molecule has 0 saturated heterocycles. The summed E-state index contributed by atoms with van der Waals surface area (Å²) in [6.07, 6.45) is 11.0. The summed E-state index contributed by atoms with van der Waals surface area (Å²) < 4.78 is 7.93. The molecule has 0 amide bonds. The number of hydrogen-bond donors (Lipinski definition) is 1. The predicted octanol–water partition coefficient (Wildman–Crippen LogP) is 4.48. The van der Waals surface area contributed by atoms with Crippen LogP contribution in [0.3, 0.4) is 0 Å². The summed E-state index contributed by atoms with van der Waals surface area (Å²) in [6, 6.07) is 8.66. The minimum absolute atomic E-state index is 0.0430. The highest BCUT2D eigenvalue weighted by atomic mass is 16.5. The molecule has 2 aromatic rings. The summed E-state index contributed by atoms with van der Waals surface area (Å²) in [4.78, 5) is 0. The smallest absolute Gasteiger partial charge is 0.120 e. The van der Waals surface area contributed by atoms with Crippen molar-refractivity contribution >= 4 is 17.0 Å². The fourth-order valence-electron chi connectivity index (χ4n) is 4.30. The molecule has 1 unspecified atom stereocenters. The molecule has 1 atom stereocenters. The number of benzene rings is 1. The Balaban J connectivity index is 1.89. The van der Waals surface area contributed by atoms with Crippen LogP contribution in [0, 0.1) is 5.92 Å². The summed E-state index contributed by atoms with van der Waals surface area (Å²) in [5, 5.41) is 4.96. The van der Waals surface area contributed by atoms with Gasteiger partial charge in [-0.25, -0.2) is 0 Å². The fraction of sp³-hybridized carbons (Fsp3) is 0.474. The summed E-state index contributed by atoms with van der Waals surface area (Å²) >= 11 is 0. The Morgan fingerprint density at radius 2 is 2.00 bits per heavy atom. The van der Waals surface area contributed by atoms with Gasteiger partial charge in [-0.3, -0.25) is 0 Å². The third-order valence-corrected chi connectivity index (χ3v) is 5.53. The van der Waals surface area contributed by atoms with Crippen molar-refractivity contribution in [1.82, 2.24) is 9.88 Å². The number of rotatable bonds is 2. The average Bonchev–Trinajstić information content (AvgIpc) is 2.94. The maximum Gasteiger partial charge on any atom is 0.120 e. The minimum atomic E-state index is -0.0430. The van der Waals surface area contributed by atoms with Gasteiger partial charge < -0.3 is 14.6 Å². The van der Waals surface area contributed by atoms with Gasteiger partial charge in [0.1, 0.15) is 11.4 Å². The quantitative estimate of drug-likeness (QED) is 0.884. The molecule has 22 heavy (non-hydrogen) atoms. The largest absolute Gasteiger partial charge is 0.497 e. The van der Waals surface area contributed by atoms with Gasteiger partial charge >= 0.3 is 0 Å². The number of hydrogen-bond acceptors (Lipinski definition) is 2. The highest BCUT2D eigenvalue weighted by Gasteiger charge is 2.39. The summed E-state index contributed by atoms with van der Waals surface area (Å²) in [6.45, 7) is 2.36. The predicted molar refractivity (Wildman–Crippen MR) is 90.9 cm³/mol. The van der Waals surface area contributed by atoms with E-state index in [-0.39, 0.29) is 5.66 Å². The molecule has 0 radical (unpaired) electrons. The highest BCUT2D eigenvalue weighted by Crippen LogP contribution is 2.41. The van der Waals surface area contributed by atoms with Gasteiger partial charge in [-0.2, -0.15) is 0 Å². The lowest BCUT2D eigenvalue weighted by molar-refractivity contribution is 0.121. The molecule has 1 aliphatic carbocycles. The van der Waals surface area contributed by atoms with Crippen LogP contribution in [0.15, 0.2) is 30.5 Å². The summed E-state index contributed by atoms with van der Waals surface area (Å²) in [5.74, 6) is 1.60. The average molecular weight is 296 g/mol. The van der Waals surface area contributed by atoms with E-state index in [1.165, 1.54) is 48.7 Å². The zero-order valence-electron chi connectivity index (χ0n) is 13.4. The Hall–Kier alpha value is -1.90. The number of ether oxygens (including phenoxy) is 1. The van der Waals surface area contributed by atoms with Crippen LogP contribution in [-0.2, 0) is 5.66 Å². The van der Waals surface area contributed by atoms with Crippen molar-refractivity contribution in [3.8, 4) is 5.75 Å². The molecule has 1 fully saturated rings. The molecule has 3 heteroatoms. The van der Waals surface area contributed by atoms with Crippen LogP contribution in [0.4, 0.5) is 0 Å². The van der Waals surface area contributed by atoms with E-state index in [1.54, 1.807) is 7.11 Å². The van der Waals surface area contributed by atoms with Gasteiger partial charge in [0.05, 0.1) is 12.6 Å². The first-order valence-corrected chi connectivity index (χ1v) is 8.36. The number of aromatic nitrogens is 1. The molecule has 1 saturated carbocycles. The second-order valence-electron chi connectivity index (χ2n) is 6.79. The Bertz CT molecular complexity index is 724. The van der Waals surface area contributed by atoms with E-state index in [2.05, 4.69) is 47.3 Å². The Labute approximate surface area is 132 Å². The second-order valence-corrected chi connectivity index (χ2v) is 6.79. The Kier molecular flexibility index (Phi) is 3.17. The number of methoxy groups -OCH3 is 1. The molecule has 1 aromatic heterocycles. The van der Waals surface area contributed by atoms with E-state index >= 15 is 0 Å².